The molecule has 2 aromatic heterocycles. The highest BCUT2D eigenvalue weighted by Crippen LogP contribution is 2.32. The first-order chi connectivity index (χ1) is 15.2. The summed E-state index contributed by atoms with van der Waals surface area (Å²) in [7, 11) is 0. The molecule has 0 spiro atoms. The maximum absolute atomic E-state index is 12.3. The van der Waals surface area contributed by atoms with E-state index in [9.17, 15) is 4.79 Å². The van der Waals surface area contributed by atoms with E-state index in [0.29, 0.717) is 41.0 Å². The molecule has 1 aliphatic rings. The van der Waals surface area contributed by atoms with Crippen LogP contribution >= 0.6 is 11.6 Å². The van der Waals surface area contributed by atoms with Crippen LogP contribution in [0.5, 0.6) is 0 Å². The van der Waals surface area contributed by atoms with E-state index in [1.807, 2.05) is 25.5 Å². The van der Waals surface area contributed by atoms with Crippen LogP contribution in [0.25, 0.3) is 15.9 Å². The number of hydrogen-bond acceptors (Lipinski definition) is 6. The Morgan fingerprint density at radius 1 is 1.28 bits per heavy atom. The largest absolute Gasteiger partial charge is 0.444 e. The fraction of sp³-hybridized carbons (Fsp3) is 0.409. The fourth-order valence-electron chi connectivity index (χ4n) is 3.65. The molecule has 4 rings (SSSR count). The van der Waals surface area contributed by atoms with Gasteiger partial charge in [-0.25, -0.2) is 24.3 Å². The van der Waals surface area contributed by atoms with Gasteiger partial charge in [-0.3, -0.25) is 0 Å². The maximum Gasteiger partial charge on any atom is 0.410 e. The molecule has 9 nitrogen and oxygen atoms in total. The number of hydrogen-bond donors (Lipinski definition) is 1. The third-order valence-electron chi connectivity index (χ3n) is 5.19. The molecule has 1 aromatic carbocycles. The molecule has 0 saturated carbocycles. The summed E-state index contributed by atoms with van der Waals surface area (Å²) in [5.74, 6) is 0.588. The minimum atomic E-state index is -0.508. The quantitative estimate of drug-likeness (QED) is 0.538. The van der Waals surface area contributed by atoms with Crippen molar-refractivity contribution in [3.05, 3.63) is 47.2 Å². The zero-order chi connectivity index (χ0) is 22.9. The van der Waals surface area contributed by atoms with Crippen LogP contribution in [0.15, 0.2) is 30.7 Å². The van der Waals surface area contributed by atoms with E-state index >= 15 is 0 Å². The summed E-state index contributed by atoms with van der Waals surface area (Å²) >= 11 is 6.30. The van der Waals surface area contributed by atoms with Crippen molar-refractivity contribution in [3.63, 3.8) is 0 Å². The minimum absolute atomic E-state index is 0.121. The van der Waals surface area contributed by atoms with Gasteiger partial charge < -0.3 is 15.0 Å². The maximum atomic E-state index is 12.3. The van der Waals surface area contributed by atoms with Crippen molar-refractivity contribution in [3.8, 4) is 0 Å². The van der Waals surface area contributed by atoms with E-state index in [-0.39, 0.29) is 12.1 Å². The van der Waals surface area contributed by atoms with E-state index < -0.39 is 5.60 Å². The zero-order valence-electron chi connectivity index (χ0n) is 18.2. The van der Waals surface area contributed by atoms with Gasteiger partial charge in [0.05, 0.1) is 34.9 Å². The number of anilines is 2. The molecule has 166 valence electrons. The lowest BCUT2D eigenvalue weighted by Crippen LogP contribution is -2.42. The second-order valence-electron chi connectivity index (χ2n) is 8.65. The van der Waals surface area contributed by atoms with E-state index in [4.69, 9.17) is 22.9 Å². The van der Waals surface area contributed by atoms with E-state index in [1.54, 1.807) is 29.3 Å². The number of carbonyl (C=O) groups excluding carboxylic acids is 1. The average molecular weight is 454 g/mol. The zero-order valence-corrected chi connectivity index (χ0v) is 18.9. The first kappa shape index (κ1) is 21.8. The van der Waals surface area contributed by atoms with Crippen molar-refractivity contribution < 1.29 is 9.53 Å². The number of nitrogens with one attached hydrogen (secondary N) is 1. The number of piperidine rings is 1. The van der Waals surface area contributed by atoms with Gasteiger partial charge in [-0.05, 0) is 45.7 Å². The SMILES string of the molecule is [C-]#[N+]c1ccc(Nc2ncnc3c2cnn3C2CCN(C(=O)OC(C)(C)C)CC2)c(Cl)c1. The first-order valence-electron chi connectivity index (χ1n) is 10.4. The Kier molecular flexibility index (Phi) is 5.89. The lowest BCUT2D eigenvalue weighted by molar-refractivity contribution is 0.0186. The number of nitrogens with zero attached hydrogens (tertiary/aromatic N) is 6. The van der Waals surface area contributed by atoms with Crippen LogP contribution in [0.3, 0.4) is 0 Å². The van der Waals surface area contributed by atoms with Gasteiger partial charge in [0.2, 0.25) is 0 Å². The molecule has 1 aliphatic heterocycles. The van der Waals surface area contributed by atoms with E-state index in [0.717, 1.165) is 18.2 Å². The fourth-order valence-corrected chi connectivity index (χ4v) is 3.87. The Morgan fingerprint density at radius 2 is 2.03 bits per heavy atom. The topological polar surface area (TPSA) is 89.5 Å². The third kappa shape index (κ3) is 4.60. The number of carbonyl (C=O) groups is 1. The van der Waals surface area contributed by atoms with E-state index in [2.05, 4.69) is 25.2 Å². The number of aromatic nitrogens is 4. The molecular weight excluding hydrogens is 430 g/mol. The lowest BCUT2D eigenvalue weighted by atomic mass is 10.1. The standard InChI is InChI=1S/C22H24ClN7O2/c1-22(2,3)32-21(31)29-9-7-15(8-10-29)30-20-16(12-27-30)19(25-13-26-20)28-18-6-5-14(24-4)11-17(18)23/h5-6,11-13,15H,7-10H2,1-3H3,(H,25,26,28). The first-order valence-corrected chi connectivity index (χ1v) is 10.7. The summed E-state index contributed by atoms with van der Waals surface area (Å²) in [6.45, 7) is 13.9. The monoisotopic (exact) mass is 453 g/mol. The van der Waals surface area contributed by atoms with Crippen LogP contribution in [-0.4, -0.2) is 49.4 Å². The van der Waals surface area contributed by atoms with Crippen LogP contribution in [0, 0.1) is 6.57 Å². The highest BCUT2D eigenvalue weighted by molar-refractivity contribution is 6.33. The Balaban J connectivity index is 1.51. The predicted octanol–water partition coefficient (Wildman–Crippen LogP) is 5.35. The number of likely N-dealkylation sites (tertiary alicyclic amines) is 1. The molecule has 1 saturated heterocycles. The van der Waals surface area contributed by atoms with Crippen LogP contribution in [0.2, 0.25) is 5.02 Å². The van der Waals surface area contributed by atoms with Gasteiger partial charge in [0.1, 0.15) is 17.7 Å². The third-order valence-corrected chi connectivity index (χ3v) is 5.50. The molecule has 1 N–H and O–H groups in total. The number of ether oxygens (including phenoxy) is 1. The summed E-state index contributed by atoms with van der Waals surface area (Å²) in [4.78, 5) is 26.2. The summed E-state index contributed by atoms with van der Waals surface area (Å²) < 4.78 is 7.38. The van der Waals surface area contributed by atoms with Crippen LogP contribution in [-0.2, 0) is 4.74 Å². The van der Waals surface area contributed by atoms with Crippen molar-refractivity contribution in [1.29, 1.82) is 0 Å². The van der Waals surface area contributed by atoms with Crippen LogP contribution < -0.4 is 5.32 Å². The van der Waals surface area contributed by atoms with Gasteiger partial charge in [-0.2, -0.15) is 5.10 Å². The molecule has 3 heterocycles. The number of halogens is 1. The molecule has 0 radical (unpaired) electrons. The second kappa shape index (κ2) is 8.63. The molecule has 0 bridgehead atoms. The molecule has 0 atom stereocenters. The highest BCUT2D eigenvalue weighted by atomic mass is 35.5. The van der Waals surface area contributed by atoms with Crippen molar-refractivity contribution in [2.45, 2.75) is 45.3 Å². The summed E-state index contributed by atoms with van der Waals surface area (Å²) in [5.41, 5.74) is 1.33. The molecule has 0 unspecified atom stereocenters. The Labute approximate surface area is 191 Å². The van der Waals surface area contributed by atoms with Crippen molar-refractivity contribution in [2.24, 2.45) is 0 Å². The van der Waals surface area contributed by atoms with Gasteiger partial charge in [-0.15, -0.1) is 0 Å². The van der Waals surface area contributed by atoms with Crippen molar-refractivity contribution in [2.75, 3.05) is 18.4 Å². The molecular formula is C22H24ClN7O2. The van der Waals surface area contributed by atoms with Crippen molar-refractivity contribution in [1.82, 2.24) is 24.6 Å². The summed E-state index contributed by atoms with van der Waals surface area (Å²) in [6, 6.07) is 5.18. The minimum Gasteiger partial charge on any atom is -0.444 e. The number of fused-ring (bicyclic) bond motifs is 1. The molecule has 1 fully saturated rings. The van der Waals surface area contributed by atoms with Crippen LogP contribution in [0.1, 0.15) is 39.7 Å². The highest BCUT2D eigenvalue weighted by Gasteiger charge is 2.29. The lowest BCUT2D eigenvalue weighted by Gasteiger charge is -2.33. The van der Waals surface area contributed by atoms with E-state index in [1.165, 1.54) is 6.33 Å². The van der Waals surface area contributed by atoms with Gasteiger partial charge in [0, 0.05) is 13.1 Å². The molecule has 3 aromatic rings. The van der Waals surface area contributed by atoms with Gasteiger partial charge in [0.25, 0.3) is 0 Å². The molecule has 0 aliphatic carbocycles. The van der Waals surface area contributed by atoms with Crippen molar-refractivity contribution >= 4 is 45.9 Å². The van der Waals surface area contributed by atoms with Crippen LogP contribution in [0.4, 0.5) is 22.0 Å². The smallest absolute Gasteiger partial charge is 0.410 e. The molecule has 10 heteroatoms. The average Bonchev–Trinajstić information content (AvgIpc) is 3.19. The predicted molar refractivity (Wildman–Crippen MR) is 122 cm³/mol. The number of amides is 1. The second-order valence-corrected chi connectivity index (χ2v) is 9.06. The van der Waals surface area contributed by atoms with Gasteiger partial charge in [-0.1, -0.05) is 17.7 Å². The summed E-state index contributed by atoms with van der Waals surface area (Å²) in [6.07, 6.45) is 4.45. The number of rotatable bonds is 3. The molecule has 32 heavy (non-hydrogen) atoms. The Bertz CT molecular complexity index is 1190. The number of benzene rings is 1. The van der Waals surface area contributed by atoms with Gasteiger partial charge >= 0.3 is 6.09 Å². The Morgan fingerprint density at radius 3 is 2.69 bits per heavy atom. The molecule has 1 amide bonds. The van der Waals surface area contributed by atoms with Gasteiger partial charge in [0.15, 0.2) is 11.3 Å². The Hall–Kier alpha value is -3.38. The normalized spacial score (nSPS) is 14.9. The summed E-state index contributed by atoms with van der Waals surface area (Å²) in [5, 5.41) is 8.99.